The average Bonchev–Trinajstić information content (AvgIpc) is 2.34. The molecular formula is C16H22O. The third-order valence-corrected chi connectivity index (χ3v) is 3.08. The van der Waals surface area contributed by atoms with Gasteiger partial charge < -0.3 is 0 Å². The Kier molecular flexibility index (Phi) is 5.68. The predicted octanol–water partition coefficient (Wildman–Crippen LogP) is 4.74. The van der Waals surface area contributed by atoms with E-state index in [0.717, 1.165) is 12.0 Å². The van der Waals surface area contributed by atoms with Crippen molar-refractivity contribution < 1.29 is 4.79 Å². The summed E-state index contributed by atoms with van der Waals surface area (Å²) in [4.78, 5) is 11.2. The van der Waals surface area contributed by atoms with Gasteiger partial charge in [-0.25, -0.2) is 0 Å². The van der Waals surface area contributed by atoms with Crippen molar-refractivity contribution in [3.8, 4) is 0 Å². The summed E-state index contributed by atoms with van der Waals surface area (Å²) in [5, 5.41) is 0. The van der Waals surface area contributed by atoms with E-state index in [2.05, 4.69) is 38.1 Å². The molecule has 0 aliphatic rings. The lowest BCUT2D eigenvalue weighted by Crippen LogP contribution is -1.99. The lowest BCUT2D eigenvalue weighted by Gasteiger charge is -2.14. The van der Waals surface area contributed by atoms with Crippen LogP contribution < -0.4 is 0 Å². The maximum atomic E-state index is 11.2. The molecule has 0 amide bonds. The van der Waals surface area contributed by atoms with Crippen molar-refractivity contribution in [1.82, 2.24) is 0 Å². The number of carbonyl (C=O) groups excluding carboxylic acids is 1. The number of allylic oxidation sites excluding steroid dienone is 2. The van der Waals surface area contributed by atoms with Gasteiger partial charge in [-0.3, -0.25) is 4.79 Å². The van der Waals surface area contributed by atoms with Crippen LogP contribution in [0.2, 0.25) is 0 Å². The molecular weight excluding hydrogens is 208 g/mol. The van der Waals surface area contributed by atoms with Crippen LogP contribution in [0.1, 0.15) is 61.9 Å². The largest absolute Gasteiger partial charge is 0.295 e. The molecule has 0 heterocycles. The highest BCUT2D eigenvalue weighted by molar-refractivity contribution is 5.94. The number of carbonyl (C=O) groups is 1. The fourth-order valence-corrected chi connectivity index (χ4v) is 2.06. The maximum Gasteiger partial charge on any atom is 0.159 e. The number of benzene rings is 1. The summed E-state index contributed by atoms with van der Waals surface area (Å²) in [5.74, 6) is 0.717. The van der Waals surface area contributed by atoms with E-state index in [1.54, 1.807) is 6.92 Å². The second-order valence-electron chi connectivity index (χ2n) is 4.47. The first-order valence-corrected chi connectivity index (χ1v) is 6.41. The third-order valence-electron chi connectivity index (χ3n) is 3.08. The van der Waals surface area contributed by atoms with Crippen molar-refractivity contribution in [2.45, 2.75) is 46.0 Å². The van der Waals surface area contributed by atoms with Crippen molar-refractivity contribution in [2.24, 2.45) is 0 Å². The SMILES string of the molecule is C/C=C\CC(CCC)c1ccc(C(C)=O)cc1. The first-order chi connectivity index (χ1) is 8.19. The molecule has 0 aliphatic heterocycles. The molecule has 1 nitrogen and oxygen atoms in total. The number of rotatable bonds is 6. The summed E-state index contributed by atoms with van der Waals surface area (Å²) in [6, 6.07) is 8.08. The molecule has 0 bridgehead atoms. The molecule has 0 aliphatic carbocycles. The fourth-order valence-electron chi connectivity index (χ4n) is 2.06. The minimum absolute atomic E-state index is 0.136. The molecule has 0 saturated heterocycles. The van der Waals surface area contributed by atoms with Gasteiger partial charge in [0.1, 0.15) is 0 Å². The Morgan fingerprint density at radius 1 is 1.29 bits per heavy atom. The van der Waals surface area contributed by atoms with E-state index < -0.39 is 0 Å². The third kappa shape index (κ3) is 4.18. The van der Waals surface area contributed by atoms with Gasteiger partial charge in [0.05, 0.1) is 0 Å². The van der Waals surface area contributed by atoms with Crippen LogP contribution in [0.4, 0.5) is 0 Å². The lowest BCUT2D eigenvalue weighted by molar-refractivity contribution is 0.101. The van der Waals surface area contributed by atoms with E-state index in [-0.39, 0.29) is 5.78 Å². The minimum Gasteiger partial charge on any atom is -0.295 e. The van der Waals surface area contributed by atoms with E-state index in [0.29, 0.717) is 5.92 Å². The molecule has 92 valence electrons. The van der Waals surface area contributed by atoms with Crippen LogP contribution >= 0.6 is 0 Å². The molecule has 0 spiro atoms. The summed E-state index contributed by atoms with van der Waals surface area (Å²) in [6.45, 7) is 5.88. The smallest absolute Gasteiger partial charge is 0.159 e. The van der Waals surface area contributed by atoms with Gasteiger partial charge >= 0.3 is 0 Å². The van der Waals surface area contributed by atoms with Gasteiger partial charge in [-0.1, -0.05) is 49.8 Å². The topological polar surface area (TPSA) is 17.1 Å². The first-order valence-electron chi connectivity index (χ1n) is 6.41. The van der Waals surface area contributed by atoms with E-state index >= 15 is 0 Å². The quantitative estimate of drug-likeness (QED) is 0.509. The molecule has 17 heavy (non-hydrogen) atoms. The number of hydrogen-bond donors (Lipinski definition) is 0. The first kappa shape index (κ1) is 13.7. The Morgan fingerprint density at radius 3 is 2.41 bits per heavy atom. The van der Waals surface area contributed by atoms with Gasteiger partial charge in [0.25, 0.3) is 0 Å². The van der Waals surface area contributed by atoms with Gasteiger partial charge in [0, 0.05) is 5.56 Å². The van der Waals surface area contributed by atoms with Crippen LogP contribution in [0.15, 0.2) is 36.4 Å². The van der Waals surface area contributed by atoms with Crippen molar-refractivity contribution >= 4 is 5.78 Å². The average molecular weight is 230 g/mol. The Balaban J connectivity index is 2.82. The van der Waals surface area contributed by atoms with Crippen molar-refractivity contribution in [3.05, 3.63) is 47.5 Å². The van der Waals surface area contributed by atoms with Crippen LogP contribution in [0.3, 0.4) is 0 Å². The second-order valence-corrected chi connectivity index (χ2v) is 4.47. The van der Waals surface area contributed by atoms with Crippen molar-refractivity contribution in [1.29, 1.82) is 0 Å². The Hall–Kier alpha value is -1.37. The molecule has 0 saturated carbocycles. The van der Waals surface area contributed by atoms with Crippen LogP contribution in [-0.4, -0.2) is 5.78 Å². The number of hydrogen-bond acceptors (Lipinski definition) is 1. The lowest BCUT2D eigenvalue weighted by atomic mass is 9.90. The van der Waals surface area contributed by atoms with E-state index in [4.69, 9.17) is 0 Å². The molecule has 0 N–H and O–H groups in total. The predicted molar refractivity (Wildman–Crippen MR) is 73.5 cm³/mol. The van der Waals surface area contributed by atoms with Gasteiger partial charge in [-0.15, -0.1) is 0 Å². The van der Waals surface area contributed by atoms with E-state index in [1.807, 2.05) is 12.1 Å². The summed E-state index contributed by atoms with van der Waals surface area (Å²) < 4.78 is 0. The fraction of sp³-hybridized carbons (Fsp3) is 0.438. The highest BCUT2D eigenvalue weighted by atomic mass is 16.1. The second kappa shape index (κ2) is 7.05. The van der Waals surface area contributed by atoms with Crippen LogP contribution in [-0.2, 0) is 0 Å². The Labute approximate surface area is 105 Å². The molecule has 1 rings (SSSR count). The molecule has 1 aromatic rings. The minimum atomic E-state index is 0.136. The van der Waals surface area contributed by atoms with Gasteiger partial charge in [-0.2, -0.15) is 0 Å². The van der Waals surface area contributed by atoms with Crippen molar-refractivity contribution in [3.63, 3.8) is 0 Å². The molecule has 1 heteroatoms. The van der Waals surface area contributed by atoms with Crippen LogP contribution in [0, 0.1) is 0 Å². The summed E-state index contributed by atoms with van der Waals surface area (Å²) in [5.41, 5.74) is 2.14. The van der Waals surface area contributed by atoms with Crippen LogP contribution in [0.25, 0.3) is 0 Å². The standard InChI is InChI=1S/C16H22O/c1-4-6-8-15(7-5-2)16-11-9-14(10-12-16)13(3)17/h4,6,9-12,15H,5,7-8H2,1-3H3/b6-4-. The zero-order valence-electron chi connectivity index (χ0n) is 11.1. The highest BCUT2D eigenvalue weighted by Gasteiger charge is 2.09. The van der Waals surface area contributed by atoms with Crippen molar-refractivity contribution in [2.75, 3.05) is 0 Å². The molecule has 0 aromatic heterocycles. The summed E-state index contributed by atoms with van der Waals surface area (Å²) in [7, 11) is 0. The van der Waals surface area contributed by atoms with Gasteiger partial charge in [-0.05, 0) is 38.2 Å². The molecule has 1 aromatic carbocycles. The molecule has 0 radical (unpaired) electrons. The normalized spacial score (nSPS) is 12.9. The zero-order chi connectivity index (χ0) is 12.7. The molecule has 1 atom stereocenters. The number of ketones is 1. The molecule has 0 fully saturated rings. The summed E-state index contributed by atoms with van der Waals surface area (Å²) >= 11 is 0. The number of Topliss-reactive ketones (excluding diaryl/α,β-unsaturated/α-hetero) is 1. The van der Waals surface area contributed by atoms with Gasteiger partial charge in [0.15, 0.2) is 5.78 Å². The maximum absolute atomic E-state index is 11.2. The monoisotopic (exact) mass is 230 g/mol. The highest BCUT2D eigenvalue weighted by Crippen LogP contribution is 2.25. The van der Waals surface area contributed by atoms with E-state index in [1.165, 1.54) is 18.4 Å². The van der Waals surface area contributed by atoms with E-state index in [9.17, 15) is 4.79 Å². The van der Waals surface area contributed by atoms with Gasteiger partial charge in [0.2, 0.25) is 0 Å². The Bertz CT molecular complexity index is 373. The zero-order valence-corrected chi connectivity index (χ0v) is 11.1. The molecule has 1 unspecified atom stereocenters. The summed E-state index contributed by atoms with van der Waals surface area (Å²) in [6.07, 6.45) is 7.80. The Morgan fingerprint density at radius 2 is 1.94 bits per heavy atom. The van der Waals surface area contributed by atoms with Crippen LogP contribution in [0.5, 0.6) is 0 Å².